The number of benzene rings is 2. The Kier molecular flexibility index (Phi) is 7.39. The van der Waals surface area contributed by atoms with Gasteiger partial charge in [0.15, 0.2) is 11.5 Å². The van der Waals surface area contributed by atoms with Crippen LogP contribution in [0.1, 0.15) is 18.1 Å². The zero-order valence-corrected chi connectivity index (χ0v) is 19.3. The predicted octanol–water partition coefficient (Wildman–Crippen LogP) is 4.26. The van der Waals surface area contributed by atoms with E-state index < -0.39 is 11.8 Å². The minimum absolute atomic E-state index is 0.0103. The van der Waals surface area contributed by atoms with Crippen molar-refractivity contribution in [3.05, 3.63) is 70.3 Å². The molecule has 1 aliphatic rings. The van der Waals surface area contributed by atoms with Gasteiger partial charge in [0.2, 0.25) is 0 Å². The molecule has 2 aromatic carbocycles. The summed E-state index contributed by atoms with van der Waals surface area (Å²) >= 11 is 1.63. The topological polar surface area (TPSA) is 79.6 Å². The number of hydrogen-bond donors (Lipinski definition) is 0. The number of rotatable bonds is 7. The van der Waals surface area contributed by atoms with E-state index in [1.807, 2.05) is 48.7 Å². The lowest BCUT2D eigenvalue weighted by Gasteiger charge is -2.27. The third kappa shape index (κ3) is 4.71. The molecule has 0 fully saturated rings. The van der Waals surface area contributed by atoms with Crippen molar-refractivity contribution in [2.45, 2.75) is 18.2 Å². The van der Waals surface area contributed by atoms with Crippen LogP contribution in [0.25, 0.3) is 6.08 Å². The largest absolute Gasteiger partial charge is 0.493 e. The molecule has 0 bridgehead atoms. The zero-order valence-electron chi connectivity index (χ0n) is 18.5. The standard InChI is InChI=1S/C25H24N2O4S/c1-16-20(13-17-5-8-19(32-4)9-6-17)24(28)27(25(29)21(16)15-26)12-11-18-7-10-22(30-2)23(14-18)31-3/h5-10,13-14H,11-12H2,1-4H3/b20-13+. The summed E-state index contributed by atoms with van der Waals surface area (Å²) in [5.41, 5.74) is 2.45. The Balaban J connectivity index is 1.90. The van der Waals surface area contributed by atoms with E-state index in [4.69, 9.17) is 9.47 Å². The van der Waals surface area contributed by atoms with Gasteiger partial charge >= 0.3 is 0 Å². The molecule has 1 aliphatic heterocycles. The number of ether oxygens (including phenoxy) is 2. The second kappa shape index (κ2) is 10.2. The molecule has 0 atom stereocenters. The molecule has 0 aromatic heterocycles. The fourth-order valence-electron chi connectivity index (χ4n) is 3.48. The maximum atomic E-state index is 13.2. The first-order valence-corrected chi connectivity index (χ1v) is 11.2. The fourth-order valence-corrected chi connectivity index (χ4v) is 3.88. The molecule has 0 radical (unpaired) electrons. The first-order chi connectivity index (χ1) is 15.4. The van der Waals surface area contributed by atoms with Gasteiger partial charge < -0.3 is 9.47 Å². The number of methoxy groups -OCH3 is 2. The molecule has 0 N–H and O–H groups in total. The van der Waals surface area contributed by atoms with Crippen LogP contribution in [-0.4, -0.2) is 43.7 Å². The Morgan fingerprint density at radius 2 is 1.72 bits per heavy atom. The highest BCUT2D eigenvalue weighted by Crippen LogP contribution is 2.30. The number of thioether (sulfide) groups is 1. The van der Waals surface area contributed by atoms with E-state index in [0.717, 1.165) is 20.9 Å². The van der Waals surface area contributed by atoms with Gasteiger partial charge in [0.25, 0.3) is 11.8 Å². The highest BCUT2D eigenvalue weighted by molar-refractivity contribution is 7.98. The number of carbonyl (C=O) groups excluding carboxylic acids is 2. The number of carbonyl (C=O) groups is 2. The second-order valence-electron chi connectivity index (χ2n) is 7.14. The van der Waals surface area contributed by atoms with Crippen LogP contribution in [0, 0.1) is 11.3 Å². The molecule has 0 saturated heterocycles. The number of hydrogen-bond acceptors (Lipinski definition) is 6. The van der Waals surface area contributed by atoms with Gasteiger partial charge in [-0.15, -0.1) is 11.8 Å². The predicted molar refractivity (Wildman–Crippen MR) is 124 cm³/mol. The van der Waals surface area contributed by atoms with Crippen molar-refractivity contribution in [1.29, 1.82) is 5.26 Å². The van der Waals surface area contributed by atoms with Crippen molar-refractivity contribution in [3.8, 4) is 17.6 Å². The van der Waals surface area contributed by atoms with Crippen molar-refractivity contribution in [2.24, 2.45) is 0 Å². The summed E-state index contributed by atoms with van der Waals surface area (Å²) in [5, 5.41) is 9.57. The van der Waals surface area contributed by atoms with Gasteiger partial charge in [-0.3, -0.25) is 14.5 Å². The Morgan fingerprint density at radius 1 is 1.03 bits per heavy atom. The Labute approximate surface area is 192 Å². The van der Waals surface area contributed by atoms with Crippen LogP contribution in [0.2, 0.25) is 0 Å². The van der Waals surface area contributed by atoms with E-state index in [9.17, 15) is 14.9 Å². The molecule has 3 rings (SSSR count). The van der Waals surface area contributed by atoms with E-state index in [1.54, 1.807) is 45.0 Å². The maximum absolute atomic E-state index is 13.2. The molecular weight excluding hydrogens is 424 g/mol. The van der Waals surface area contributed by atoms with Crippen LogP contribution >= 0.6 is 11.8 Å². The number of nitrogens with zero attached hydrogens (tertiary/aromatic N) is 2. The first-order valence-electron chi connectivity index (χ1n) is 9.97. The minimum atomic E-state index is -0.564. The third-order valence-electron chi connectivity index (χ3n) is 5.32. The lowest BCUT2D eigenvalue weighted by molar-refractivity contribution is -0.140. The third-order valence-corrected chi connectivity index (χ3v) is 6.07. The van der Waals surface area contributed by atoms with E-state index >= 15 is 0 Å². The summed E-state index contributed by atoms with van der Waals surface area (Å²) in [6.45, 7) is 1.79. The van der Waals surface area contributed by atoms with E-state index in [0.29, 0.717) is 29.1 Å². The second-order valence-corrected chi connectivity index (χ2v) is 8.02. The van der Waals surface area contributed by atoms with Crippen LogP contribution < -0.4 is 9.47 Å². The van der Waals surface area contributed by atoms with Crippen LogP contribution in [-0.2, 0) is 16.0 Å². The van der Waals surface area contributed by atoms with Gasteiger partial charge in [-0.2, -0.15) is 5.26 Å². The average molecular weight is 449 g/mol. The molecule has 7 heteroatoms. The van der Waals surface area contributed by atoms with E-state index in [2.05, 4.69) is 0 Å². The van der Waals surface area contributed by atoms with Crippen LogP contribution in [0.5, 0.6) is 11.5 Å². The molecule has 0 aliphatic carbocycles. The summed E-state index contributed by atoms with van der Waals surface area (Å²) in [7, 11) is 3.11. The maximum Gasteiger partial charge on any atom is 0.271 e. The van der Waals surface area contributed by atoms with Crippen molar-refractivity contribution in [1.82, 2.24) is 4.90 Å². The molecule has 0 saturated carbocycles. The summed E-state index contributed by atoms with van der Waals surface area (Å²) in [6, 6.07) is 15.2. The number of imide groups is 1. The average Bonchev–Trinajstić information content (AvgIpc) is 2.82. The van der Waals surface area contributed by atoms with Crippen molar-refractivity contribution < 1.29 is 19.1 Å². The first kappa shape index (κ1) is 23.2. The molecule has 6 nitrogen and oxygen atoms in total. The normalized spacial score (nSPS) is 15.2. The molecule has 1 heterocycles. The van der Waals surface area contributed by atoms with Crippen LogP contribution in [0.3, 0.4) is 0 Å². The fraction of sp³-hybridized carbons (Fsp3) is 0.240. The highest BCUT2D eigenvalue weighted by Gasteiger charge is 2.35. The van der Waals surface area contributed by atoms with E-state index in [1.165, 1.54) is 0 Å². The van der Waals surface area contributed by atoms with Gasteiger partial charge in [-0.25, -0.2) is 0 Å². The zero-order chi connectivity index (χ0) is 23.3. The lowest BCUT2D eigenvalue weighted by atomic mass is 9.93. The number of amides is 2. The summed E-state index contributed by atoms with van der Waals surface area (Å²) in [6.07, 6.45) is 4.15. The number of nitriles is 1. The molecule has 32 heavy (non-hydrogen) atoms. The SMILES string of the molecule is COc1ccc(CCN2C(=O)C(C#N)=C(C)/C(=C\c3ccc(SC)cc3)C2=O)cc1OC. The molecular formula is C25H24N2O4S. The molecule has 2 aromatic rings. The highest BCUT2D eigenvalue weighted by atomic mass is 32.2. The van der Waals surface area contributed by atoms with Crippen molar-refractivity contribution in [2.75, 3.05) is 27.0 Å². The Hall–Kier alpha value is -3.50. The minimum Gasteiger partial charge on any atom is -0.493 e. The van der Waals surface area contributed by atoms with Crippen molar-refractivity contribution in [3.63, 3.8) is 0 Å². The van der Waals surface area contributed by atoms with Crippen molar-refractivity contribution >= 4 is 29.7 Å². The summed E-state index contributed by atoms with van der Waals surface area (Å²) in [5.74, 6) is 0.208. The monoisotopic (exact) mass is 448 g/mol. The Bertz CT molecular complexity index is 1140. The smallest absolute Gasteiger partial charge is 0.271 e. The summed E-state index contributed by atoms with van der Waals surface area (Å²) < 4.78 is 10.6. The molecule has 164 valence electrons. The lowest BCUT2D eigenvalue weighted by Crippen LogP contribution is -2.43. The van der Waals surface area contributed by atoms with Gasteiger partial charge in [-0.05, 0) is 66.6 Å². The van der Waals surface area contributed by atoms with Gasteiger partial charge in [0.1, 0.15) is 11.6 Å². The summed E-state index contributed by atoms with van der Waals surface area (Å²) in [4.78, 5) is 28.3. The van der Waals surface area contributed by atoms with Crippen LogP contribution in [0.4, 0.5) is 0 Å². The molecule has 2 amide bonds. The molecule has 0 spiro atoms. The van der Waals surface area contributed by atoms with Gasteiger partial charge in [0, 0.05) is 17.0 Å². The van der Waals surface area contributed by atoms with Gasteiger partial charge in [-0.1, -0.05) is 18.2 Å². The Morgan fingerprint density at radius 3 is 2.31 bits per heavy atom. The quantitative estimate of drug-likeness (QED) is 0.358. The molecule has 0 unspecified atom stereocenters. The van der Waals surface area contributed by atoms with Crippen LogP contribution in [0.15, 0.2) is 64.1 Å². The van der Waals surface area contributed by atoms with Gasteiger partial charge in [0.05, 0.1) is 14.2 Å². The van der Waals surface area contributed by atoms with E-state index in [-0.39, 0.29) is 12.1 Å².